The van der Waals surface area contributed by atoms with Gasteiger partial charge in [-0.3, -0.25) is 0 Å². The van der Waals surface area contributed by atoms with Crippen LogP contribution < -0.4 is 14.9 Å². The Hall–Kier alpha value is -2.19. The molecule has 0 atom stereocenters. The van der Waals surface area contributed by atoms with Crippen molar-refractivity contribution in [3.05, 3.63) is 41.3 Å². The fourth-order valence-electron chi connectivity index (χ4n) is 4.07. The highest BCUT2D eigenvalue weighted by molar-refractivity contribution is 7.89. The lowest BCUT2D eigenvalue weighted by Crippen LogP contribution is -2.47. The Balaban J connectivity index is 1.57. The average molecular weight is 388 g/mol. The van der Waals surface area contributed by atoms with Gasteiger partial charge in [-0.1, -0.05) is 12.1 Å². The number of sulfonamides is 1. The molecule has 144 valence electrons. The SMILES string of the molecule is Cc1nc2c(c(N3CCN(c4ccccc4S(N)(=O)=O)CC3)n1)CCCC2. The van der Waals surface area contributed by atoms with Gasteiger partial charge in [-0.25, -0.2) is 23.5 Å². The molecule has 2 N–H and O–H groups in total. The minimum absolute atomic E-state index is 0.189. The zero-order valence-corrected chi connectivity index (χ0v) is 16.4. The van der Waals surface area contributed by atoms with E-state index in [0.29, 0.717) is 5.69 Å². The normalized spacial score (nSPS) is 17.7. The second-order valence-corrected chi connectivity index (χ2v) is 8.74. The molecule has 1 aromatic heterocycles. The van der Waals surface area contributed by atoms with E-state index >= 15 is 0 Å². The highest BCUT2D eigenvalue weighted by atomic mass is 32.2. The molecule has 7 nitrogen and oxygen atoms in total. The summed E-state index contributed by atoms with van der Waals surface area (Å²) in [5, 5.41) is 5.39. The van der Waals surface area contributed by atoms with Crippen LogP contribution in [0.5, 0.6) is 0 Å². The van der Waals surface area contributed by atoms with Crippen LogP contribution in [0, 0.1) is 6.92 Å². The van der Waals surface area contributed by atoms with Gasteiger partial charge < -0.3 is 9.80 Å². The first-order valence-corrected chi connectivity index (χ1v) is 11.0. The molecule has 0 unspecified atom stereocenters. The van der Waals surface area contributed by atoms with Crippen molar-refractivity contribution in [3.63, 3.8) is 0 Å². The van der Waals surface area contributed by atoms with Gasteiger partial charge in [0.05, 0.1) is 5.69 Å². The Morgan fingerprint density at radius 1 is 0.963 bits per heavy atom. The van der Waals surface area contributed by atoms with Gasteiger partial charge in [-0.05, 0) is 44.7 Å². The molecule has 27 heavy (non-hydrogen) atoms. The van der Waals surface area contributed by atoms with Crippen molar-refractivity contribution in [2.24, 2.45) is 5.14 Å². The van der Waals surface area contributed by atoms with Crippen LogP contribution in [-0.4, -0.2) is 44.6 Å². The highest BCUT2D eigenvalue weighted by Crippen LogP contribution is 2.30. The van der Waals surface area contributed by atoms with Crippen molar-refractivity contribution in [1.29, 1.82) is 0 Å². The molecule has 1 fully saturated rings. The highest BCUT2D eigenvalue weighted by Gasteiger charge is 2.26. The maximum atomic E-state index is 11.9. The van der Waals surface area contributed by atoms with Crippen molar-refractivity contribution in [3.8, 4) is 0 Å². The average Bonchev–Trinajstić information content (AvgIpc) is 2.67. The molecular formula is C19H25N5O2S. The summed E-state index contributed by atoms with van der Waals surface area (Å²) in [6.07, 6.45) is 4.46. The molecule has 2 aromatic rings. The van der Waals surface area contributed by atoms with E-state index < -0.39 is 10.0 Å². The third-order valence-corrected chi connectivity index (χ3v) is 6.32. The van der Waals surface area contributed by atoms with Crippen LogP contribution in [0.15, 0.2) is 29.2 Å². The topological polar surface area (TPSA) is 92.4 Å². The number of anilines is 2. The lowest BCUT2D eigenvalue weighted by atomic mass is 9.96. The Kier molecular flexibility index (Phi) is 4.77. The number of primary sulfonamides is 1. The molecule has 0 bridgehead atoms. The largest absolute Gasteiger partial charge is 0.367 e. The Bertz CT molecular complexity index is 953. The van der Waals surface area contributed by atoms with E-state index in [2.05, 4.69) is 14.8 Å². The van der Waals surface area contributed by atoms with Gasteiger partial charge in [0.1, 0.15) is 16.5 Å². The van der Waals surface area contributed by atoms with Crippen molar-refractivity contribution in [2.75, 3.05) is 36.0 Å². The number of rotatable bonds is 3. The molecule has 1 aliphatic carbocycles. The predicted molar refractivity (Wildman–Crippen MR) is 106 cm³/mol. The van der Waals surface area contributed by atoms with E-state index in [-0.39, 0.29) is 4.90 Å². The number of nitrogens with two attached hydrogens (primary N) is 1. The number of benzene rings is 1. The van der Waals surface area contributed by atoms with Crippen molar-refractivity contribution < 1.29 is 8.42 Å². The number of para-hydroxylation sites is 1. The molecule has 1 saturated heterocycles. The lowest BCUT2D eigenvalue weighted by molar-refractivity contribution is 0.594. The number of fused-ring (bicyclic) bond motifs is 1. The zero-order chi connectivity index (χ0) is 19.0. The van der Waals surface area contributed by atoms with Gasteiger partial charge in [0.25, 0.3) is 0 Å². The molecule has 1 aliphatic heterocycles. The first-order chi connectivity index (χ1) is 12.9. The van der Waals surface area contributed by atoms with Crippen LogP contribution >= 0.6 is 0 Å². The van der Waals surface area contributed by atoms with Gasteiger partial charge in [-0.2, -0.15) is 0 Å². The van der Waals surface area contributed by atoms with Gasteiger partial charge in [0.15, 0.2) is 0 Å². The fourth-order valence-corrected chi connectivity index (χ4v) is 4.83. The maximum absolute atomic E-state index is 11.9. The van der Waals surface area contributed by atoms with Crippen LogP contribution in [0.2, 0.25) is 0 Å². The predicted octanol–water partition coefficient (Wildman–Crippen LogP) is 1.64. The summed E-state index contributed by atoms with van der Waals surface area (Å²) in [5.74, 6) is 1.89. The van der Waals surface area contributed by atoms with E-state index in [1.54, 1.807) is 12.1 Å². The van der Waals surface area contributed by atoms with E-state index in [1.807, 2.05) is 19.1 Å². The van der Waals surface area contributed by atoms with Crippen LogP contribution in [0.25, 0.3) is 0 Å². The molecule has 2 aliphatic rings. The number of aryl methyl sites for hydroxylation is 2. The summed E-state index contributed by atoms with van der Waals surface area (Å²) in [7, 11) is -3.74. The van der Waals surface area contributed by atoms with Crippen LogP contribution in [-0.2, 0) is 22.9 Å². The molecule has 1 aromatic carbocycles. The van der Waals surface area contributed by atoms with E-state index in [0.717, 1.165) is 50.7 Å². The number of nitrogens with zero attached hydrogens (tertiary/aromatic N) is 4. The standard InChI is InChI=1S/C19H25N5O2S/c1-14-21-16-7-3-2-6-15(16)19(22-14)24-12-10-23(11-13-24)17-8-4-5-9-18(17)27(20,25)26/h4-5,8-9H,2-3,6-7,10-13H2,1H3,(H2,20,25,26). The summed E-state index contributed by atoms with van der Waals surface area (Å²) in [6.45, 7) is 5.00. The van der Waals surface area contributed by atoms with Gasteiger partial charge in [-0.15, -0.1) is 0 Å². The van der Waals surface area contributed by atoms with Gasteiger partial charge >= 0.3 is 0 Å². The van der Waals surface area contributed by atoms with Crippen LogP contribution in [0.4, 0.5) is 11.5 Å². The smallest absolute Gasteiger partial charge is 0.240 e. The van der Waals surface area contributed by atoms with E-state index in [9.17, 15) is 8.42 Å². The Morgan fingerprint density at radius 3 is 2.37 bits per heavy atom. The number of aromatic nitrogens is 2. The minimum Gasteiger partial charge on any atom is -0.367 e. The van der Waals surface area contributed by atoms with Gasteiger partial charge in [0.2, 0.25) is 10.0 Å². The third kappa shape index (κ3) is 3.64. The molecule has 4 rings (SSSR count). The molecular weight excluding hydrogens is 362 g/mol. The van der Waals surface area contributed by atoms with E-state index in [4.69, 9.17) is 10.1 Å². The zero-order valence-electron chi connectivity index (χ0n) is 15.6. The fraction of sp³-hybridized carbons (Fsp3) is 0.474. The number of piperazine rings is 1. The van der Waals surface area contributed by atoms with E-state index in [1.165, 1.54) is 24.1 Å². The molecule has 0 radical (unpaired) electrons. The third-order valence-electron chi connectivity index (χ3n) is 5.36. The monoisotopic (exact) mass is 387 g/mol. The number of hydrogen-bond donors (Lipinski definition) is 1. The summed E-state index contributed by atoms with van der Waals surface area (Å²) in [6, 6.07) is 6.95. The summed E-state index contributed by atoms with van der Waals surface area (Å²) in [4.78, 5) is 14.0. The second kappa shape index (κ2) is 7.09. The first-order valence-electron chi connectivity index (χ1n) is 9.41. The minimum atomic E-state index is -3.74. The van der Waals surface area contributed by atoms with Crippen molar-refractivity contribution >= 4 is 21.5 Å². The Labute approximate surface area is 160 Å². The summed E-state index contributed by atoms with van der Waals surface area (Å²) < 4.78 is 23.8. The lowest BCUT2D eigenvalue weighted by Gasteiger charge is -2.38. The molecule has 8 heteroatoms. The quantitative estimate of drug-likeness (QED) is 0.861. The van der Waals surface area contributed by atoms with Crippen molar-refractivity contribution in [2.45, 2.75) is 37.5 Å². The van der Waals surface area contributed by atoms with Crippen LogP contribution in [0.1, 0.15) is 29.9 Å². The molecule has 2 heterocycles. The van der Waals surface area contributed by atoms with Gasteiger partial charge in [0, 0.05) is 37.4 Å². The summed E-state index contributed by atoms with van der Waals surface area (Å²) in [5.41, 5.74) is 3.18. The second-order valence-electron chi connectivity index (χ2n) is 7.21. The first kappa shape index (κ1) is 18.2. The molecule has 0 amide bonds. The molecule has 0 spiro atoms. The Morgan fingerprint density at radius 2 is 1.63 bits per heavy atom. The van der Waals surface area contributed by atoms with Crippen molar-refractivity contribution in [1.82, 2.24) is 9.97 Å². The maximum Gasteiger partial charge on any atom is 0.240 e. The molecule has 0 saturated carbocycles. The summed E-state index contributed by atoms with van der Waals surface area (Å²) >= 11 is 0. The van der Waals surface area contributed by atoms with Crippen LogP contribution in [0.3, 0.4) is 0 Å². The number of hydrogen-bond acceptors (Lipinski definition) is 6.